The van der Waals surface area contributed by atoms with Gasteiger partial charge in [0.25, 0.3) is 11.8 Å². The van der Waals surface area contributed by atoms with Gasteiger partial charge in [0.05, 0.1) is 5.69 Å². The molecule has 0 aliphatic carbocycles. The van der Waals surface area contributed by atoms with Crippen LogP contribution in [0.2, 0.25) is 0 Å². The molecule has 0 radical (unpaired) electrons. The number of nitrogens with zero attached hydrogens (tertiary/aromatic N) is 2. The number of fused-ring (bicyclic) bond motifs is 1. The molecule has 1 fully saturated rings. The molecule has 2 heterocycles. The summed E-state index contributed by atoms with van der Waals surface area (Å²) in [6.45, 7) is 12.5. The van der Waals surface area contributed by atoms with Crippen molar-refractivity contribution in [3.8, 4) is 0 Å². The van der Waals surface area contributed by atoms with Crippen LogP contribution >= 0.6 is 0 Å². The number of rotatable bonds is 2. The number of aryl methyl sites for hydroxylation is 3. The van der Waals surface area contributed by atoms with E-state index >= 15 is 0 Å². The van der Waals surface area contributed by atoms with E-state index < -0.39 is 17.8 Å². The Labute approximate surface area is 195 Å². The Balaban J connectivity index is 1.77. The molecule has 1 atom stereocenters. The first-order valence-electron chi connectivity index (χ1n) is 11.3. The highest BCUT2D eigenvalue weighted by molar-refractivity contribution is 6.39. The fourth-order valence-corrected chi connectivity index (χ4v) is 4.80. The maximum Gasteiger partial charge on any atom is 0.335 e. The van der Waals surface area contributed by atoms with Gasteiger partial charge in [-0.05, 0) is 105 Å². The van der Waals surface area contributed by atoms with Gasteiger partial charge in [0.2, 0.25) is 0 Å². The second kappa shape index (κ2) is 7.87. The van der Waals surface area contributed by atoms with Crippen molar-refractivity contribution in [1.29, 1.82) is 0 Å². The van der Waals surface area contributed by atoms with Gasteiger partial charge in [-0.2, -0.15) is 0 Å². The van der Waals surface area contributed by atoms with E-state index in [0.29, 0.717) is 11.6 Å². The van der Waals surface area contributed by atoms with Crippen molar-refractivity contribution in [2.45, 2.75) is 59.4 Å². The number of carbonyl (C=O) groups is 3. The van der Waals surface area contributed by atoms with Crippen molar-refractivity contribution >= 4 is 35.3 Å². The Kier molecular flexibility index (Phi) is 5.43. The Morgan fingerprint density at radius 1 is 1.00 bits per heavy atom. The summed E-state index contributed by atoms with van der Waals surface area (Å²) in [7, 11) is 2.10. The van der Waals surface area contributed by atoms with Crippen LogP contribution in [-0.4, -0.2) is 30.4 Å². The summed E-state index contributed by atoms with van der Waals surface area (Å²) >= 11 is 0. The topological polar surface area (TPSA) is 69.7 Å². The van der Waals surface area contributed by atoms with Gasteiger partial charge in [0, 0.05) is 18.3 Å². The van der Waals surface area contributed by atoms with Gasteiger partial charge in [-0.1, -0.05) is 13.0 Å². The van der Waals surface area contributed by atoms with Gasteiger partial charge < -0.3 is 4.90 Å². The monoisotopic (exact) mass is 445 g/mol. The fourth-order valence-electron chi connectivity index (χ4n) is 4.80. The van der Waals surface area contributed by atoms with Gasteiger partial charge in [-0.25, -0.2) is 9.69 Å². The standard InChI is InChI=1S/C27H31N3O3/c1-15-8-9-20(10-16(15)2)30-25(32)22(24(31)28-26(30)33)13-19-12-21-18(4)14-27(5,6)29(7)23(21)11-17(19)3/h8-13,18H,14H2,1-7H3,(H,28,31,33)/b22-13+/t18-/m0/s1. The lowest BCUT2D eigenvalue weighted by Gasteiger charge is -2.45. The molecule has 172 valence electrons. The van der Waals surface area contributed by atoms with Crippen molar-refractivity contribution in [2.24, 2.45) is 0 Å². The van der Waals surface area contributed by atoms with Crippen LogP contribution < -0.4 is 15.1 Å². The highest BCUT2D eigenvalue weighted by atomic mass is 16.2. The predicted octanol–water partition coefficient (Wildman–Crippen LogP) is 5.00. The number of amides is 4. The van der Waals surface area contributed by atoms with Gasteiger partial charge in [-0.15, -0.1) is 0 Å². The van der Waals surface area contributed by atoms with Crippen LogP contribution in [0.4, 0.5) is 16.2 Å². The Morgan fingerprint density at radius 3 is 2.36 bits per heavy atom. The lowest BCUT2D eigenvalue weighted by atomic mass is 9.79. The lowest BCUT2D eigenvalue weighted by molar-refractivity contribution is -0.122. The Morgan fingerprint density at radius 2 is 1.70 bits per heavy atom. The number of nitrogens with one attached hydrogen (secondary N) is 1. The van der Waals surface area contributed by atoms with Crippen molar-refractivity contribution in [2.75, 3.05) is 16.8 Å². The molecule has 6 heteroatoms. The fraction of sp³-hybridized carbons (Fsp3) is 0.370. The van der Waals surface area contributed by atoms with Gasteiger partial charge in [0.1, 0.15) is 5.57 Å². The highest BCUT2D eigenvalue weighted by Gasteiger charge is 2.38. The van der Waals surface area contributed by atoms with Crippen LogP contribution in [0.1, 0.15) is 60.9 Å². The van der Waals surface area contributed by atoms with E-state index in [9.17, 15) is 14.4 Å². The Bertz CT molecular complexity index is 1230. The van der Waals surface area contributed by atoms with Crippen molar-refractivity contribution in [3.63, 3.8) is 0 Å². The minimum Gasteiger partial charge on any atom is -0.369 e. The molecular weight excluding hydrogens is 414 g/mol. The van der Waals surface area contributed by atoms with Crippen molar-refractivity contribution in [3.05, 3.63) is 63.7 Å². The smallest absolute Gasteiger partial charge is 0.335 e. The number of hydrogen-bond acceptors (Lipinski definition) is 4. The maximum atomic E-state index is 13.3. The molecule has 33 heavy (non-hydrogen) atoms. The molecule has 1 saturated heterocycles. The molecular formula is C27H31N3O3. The van der Waals surface area contributed by atoms with Crippen LogP contribution in [0.15, 0.2) is 35.9 Å². The van der Waals surface area contributed by atoms with Crippen LogP contribution in [-0.2, 0) is 9.59 Å². The van der Waals surface area contributed by atoms with E-state index in [1.165, 1.54) is 11.3 Å². The number of urea groups is 1. The van der Waals surface area contributed by atoms with Crippen molar-refractivity contribution < 1.29 is 14.4 Å². The zero-order chi connectivity index (χ0) is 24.2. The van der Waals surface area contributed by atoms with Gasteiger partial charge >= 0.3 is 6.03 Å². The molecule has 0 unspecified atom stereocenters. The summed E-state index contributed by atoms with van der Waals surface area (Å²) in [6, 6.07) is 8.82. The molecule has 6 nitrogen and oxygen atoms in total. The first kappa shape index (κ1) is 22.8. The minimum absolute atomic E-state index is 0.0467. The number of imide groups is 2. The average Bonchev–Trinajstić information content (AvgIpc) is 2.72. The molecule has 4 amide bonds. The number of benzene rings is 2. The average molecular weight is 446 g/mol. The van der Waals surface area contributed by atoms with E-state index in [4.69, 9.17) is 0 Å². The third-order valence-electron chi connectivity index (χ3n) is 7.17. The molecule has 2 aliphatic rings. The normalized spacial score (nSPS) is 21.4. The second-order valence-corrected chi connectivity index (χ2v) is 9.97. The first-order chi connectivity index (χ1) is 15.4. The molecule has 0 aromatic heterocycles. The molecule has 0 bridgehead atoms. The van der Waals surface area contributed by atoms with Crippen molar-refractivity contribution in [1.82, 2.24) is 5.32 Å². The summed E-state index contributed by atoms with van der Waals surface area (Å²) < 4.78 is 0. The van der Waals surface area contributed by atoms with Crippen LogP contribution in [0.5, 0.6) is 0 Å². The van der Waals surface area contributed by atoms with E-state index in [-0.39, 0.29) is 11.1 Å². The molecule has 0 saturated carbocycles. The maximum absolute atomic E-state index is 13.3. The molecule has 4 rings (SSSR count). The highest BCUT2D eigenvalue weighted by Crippen LogP contribution is 2.43. The minimum atomic E-state index is -0.731. The van der Waals surface area contributed by atoms with E-state index in [1.54, 1.807) is 18.2 Å². The number of barbiturate groups is 1. The summed E-state index contributed by atoms with van der Waals surface area (Å²) in [5.74, 6) is -0.947. The molecule has 2 aliphatic heterocycles. The third-order valence-corrected chi connectivity index (χ3v) is 7.17. The van der Waals surface area contributed by atoms with Crippen LogP contribution in [0.3, 0.4) is 0 Å². The Hall–Kier alpha value is -3.41. The summed E-state index contributed by atoms with van der Waals surface area (Å²) in [5, 5.41) is 2.32. The largest absolute Gasteiger partial charge is 0.369 e. The summed E-state index contributed by atoms with van der Waals surface area (Å²) in [5.41, 5.74) is 6.60. The van der Waals surface area contributed by atoms with E-state index in [0.717, 1.165) is 33.6 Å². The van der Waals surface area contributed by atoms with Gasteiger partial charge in [-0.3, -0.25) is 14.9 Å². The predicted molar refractivity (Wildman–Crippen MR) is 132 cm³/mol. The zero-order valence-corrected chi connectivity index (χ0v) is 20.4. The van der Waals surface area contributed by atoms with E-state index in [1.807, 2.05) is 26.8 Å². The molecule has 2 aromatic rings. The number of hydrogen-bond donors (Lipinski definition) is 1. The van der Waals surface area contributed by atoms with E-state index in [2.05, 4.69) is 50.2 Å². The van der Waals surface area contributed by atoms with Crippen LogP contribution in [0, 0.1) is 20.8 Å². The lowest BCUT2D eigenvalue weighted by Crippen LogP contribution is -2.54. The zero-order valence-electron chi connectivity index (χ0n) is 20.4. The van der Waals surface area contributed by atoms with Gasteiger partial charge in [0.15, 0.2) is 0 Å². The molecule has 0 spiro atoms. The third kappa shape index (κ3) is 3.84. The number of carbonyl (C=O) groups excluding carboxylic acids is 3. The van der Waals surface area contributed by atoms with Crippen LogP contribution in [0.25, 0.3) is 6.08 Å². The molecule has 2 aromatic carbocycles. The first-order valence-corrected chi connectivity index (χ1v) is 11.3. The summed E-state index contributed by atoms with van der Waals surface area (Å²) in [4.78, 5) is 41.9. The molecule has 1 N–H and O–H groups in total. The summed E-state index contributed by atoms with van der Waals surface area (Å²) in [6.07, 6.45) is 2.62. The second-order valence-electron chi connectivity index (χ2n) is 9.97. The quantitative estimate of drug-likeness (QED) is 0.522. The number of anilines is 2. The SMILES string of the molecule is Cc1ccc(N2C(=O)NC(=O)/C(=C\c3cc4c(cc3C)N(C)C(C)(C)C[C@@H]4C)C2=O)cc1C.